The largest absolute Gasteiger partial charge is 0.352 e. The Morgan fingerprint density at radius 1 is 1.33 bits per heavy atom. The number of carbonyl (C=O) groups excluding carboxylic acids is 2. The Hall–Kier alpha value is -2.70. The summed E-state index contributed by atoms with van der Waals surface area (Å²) in [5, 5.41) is 6.62. The van der Waals surface area contributed by atoms with Crippen molar-refractivity contribution in [1.29, 1.82) is 0 Å². The lowest BCUT2D eigenvalue weighted by Crippen LogP contribution is -2.30. The number of carbonyl (C=O) groups is 2. The lowest BCUT2D eigenvalue weighted by Gasteiger charge is -2.15. The zero-order chi connectivity index (χ0) is 16.9. The number of hydrogen-bond acceptors (Lipinski definition) is 5. The van der Waals surface area contributed by atoms with Gasteiger partial charge < -0.3 is 14.7 Å². The van der Waals surface area contributed by atoms with Crippen LogP contribution in [-0.4, -0.2) is 46.5 Å². The number of nitrogens with one attached hydrogen (secondary N) is 1. The average Bonchev–Trinajstić information content (AvgIpc) is 3.20. The van der Waals surface area contributed by atoms with Crippen LogP contribution < -0.4 is 5.32 Å². The number of likely N-dealkylation sites (tertiary alicyclic amines) is 1. The minimum atomic E-state index is -0.129. The first-order valence-corrected chi connectivity index (χ1v) is 8.10. The Morgan fingerprint density at radius 3 is 2.75 bits per heavy atom. The first-order valence-electron chi connectivity index (χ1n) is 8.10. The van der Waals surface area contributed by atoms with Crippen molar-refractivity contribution in [2.75, 3.05) is 19.6 Å². The van der Waals surface area contributed by atoms with Crippen LogP contribution in [0.5, 0.6) is 0 Å². The van der Waals surface area contributed by atoms with Crippen molar-refractivity contribution in [3.05, 3.63) is 35.7 Å². The van der Waals surface area contributed by atoms with Crippen LogP contribution >= 0.6 is 0 Å². The molecule has 0 atom stereocenters. The van der Waals surface area contributed by atoms with Crippen LogP contribution in [0.1, 0.15) is 35.4 Å². The van der Waals surface area contributed by atoms with Gasteiger partial charge in [0.2, 0.25) is 5.91 Å². The average molecular weight is 328 g/mol. The maximum atomic E-state index is 12.1. The van der Waals surface area contributed by atoms with Crippen molar-refractivity contribution in [3.8, 4) is 11.5 Å². The maximum Gasteiger partial charge on any atom is 0.257 e. The highest BCUT2D eigenvalue weighted by atomic mass is 16.5. The molecule has 3 rings (SSSR count). The normalized spacial score (nSPS) is 14.2. The molecule has 1 aliphatic heterocycles. The molecule has 1 aromatic carbocycles. The predicted octanol–water partition coefficient (Wildman–Crippen LogP) is 1.79. The number of amides is 2. The number of hydrogen-bond donors (Lipinski definition) is 1. The molecule has 0 aliphatic carbocycles. The van der Waals surface area contributed by atoms with Gasteiger partial charge in [-0.15, -0.1) is 0 Å². The molecule has 2 aromatic rings. The molecule has 1 N–H and O–H groups in total. The zero-order valence-corrected chi connectivity index (χ0v) is 13.6. The molecule has 0 unspecified atom stereocenters. The summed E-state index contributed by atoms with van der Waals surface area (Å²) in [5.74, 6) is 1.10. The summed E-state index contributed by atoms with van der Waals surface area (Å²) in [5.41, 5.74) is 1.35. The van der Waals surface area contributed by atoms with E-state index in [1.807, 2.05) is 4.90 Å². The summed E-state index contributed by atoms with van der Waals surface area (Å²) in [4.78, 5) is 29.6. The molecule has 0 saturated carbocycles. The highest BCUT2D eigenvalue weighted by Crippen LogP contribution is 2.17. The fraction of sp³-hybridized carbons (Fsp3) is 0.412. The summed E-state index contributed by atoms with van der Waals surface area (Å²) in [7, 11) is 0. The molecule has 1 aliphatic rings. The van der Waals surface area contributed by atoms with E-state index in [1.54, 1.807) is 31.2 Å². The van der Waals surface area contributed by atoms with Crippen LogP contribution in [0.25, 0.3) is 11.5 Å². The second-order valence-electron chi connectivity index (χ2n) is 5.82. The van der Waals surface area contributed by atoms with Crippen molar-refractivity contribution in [1.82, 2.24) is 20.4 Å². The van der Waals surface area contributed by atoms with E-state index in [0.29, 0.717) is 36.8 Å². The van der Waals surface area contributed by atoms with Crippen LogP contribution in [0.2, 0.25) is 0 Å². The molecule has 24 heavy (non-hydrogen) atoms. The molecule has 1 aromatic heterocycles. The van der Waals surface area contributed by atoms with Gasteiger partial charge in [-0.3, -0.25) is 9.59 Å². The van der Waals surface area contributed by atoms with E-state index in [9.17, 15) is 9.59 Å². The van der Waals surface area contributed by atoms with Gasteiger partial charge >= 0.3 is 0 Å². The molecule has 126 valence electrons. The number of aryl methyl sites for hydroxylation is 1. The summed E-state index contributed by atoms with van der Waals surface area (Å²) >= 11 is 0. The maximum absolute atomic E-state index is 12.1. The van der Waals surface area contributed by atoms with E-state index in [0.717, 1.165) is 24.9 Å². The molecular formula is C17H20N4O3. The molecule has 1 saturated heterocycles. The van der Waals surface area contributed by atoms with E-state index in [1.165, 1.54) is 0 Å². The van der Waals surface area contributed by atoms with Crippen molar-refractivity contribution in [2.24, 2.45) is 0 Å². The van der Waals surface area contributed by atoms with Gasteiger partial charge in [-0.25, -0.2) is 0 Å². The third-order valence-corrected chi connectivity index (χ3v) is 3.98. The van der Waals surface area contributed by atoms with Crippen LogP contribution in [0.3, 0.4) is 0 Å². The minimum absolute atomic E-state index is 0.129. The van der Waals surface area contributed by atoms with E-state index >= 15 is 0 Å². The number of benzene rings is 1. The molecule has 2 heterocycles. The van der Waals surface area contributed by atoms with Crippen molar-refractivity contribution in [3.63, 3.8) is 0 Å². The van der Waals surface area contributed by atoms with E-state index < -0.39 is 0 Å². The highest BCUT2D eigenvalue weighted by molar-refractivity contribution is 5.94. The SMILES string of the molecule is Cc1noc(-c2ccc(C(=O)NCCCN3CCCC3=O)cc2)n1. The zero-order valence-electron chi connectivity index (χ0n) is 13.6. The molecule has 2 amide bonds. The second kappa shape index (κ2) is 7.25. The van der Waals surface area contributed by atoms with Gasteiger partial charge in [-0.1, -0.05) is 5.16 Å². The standard InChI is InChI=1S/C17H20N4O3/c1-12-19-17(24-20-12)14-7-5-13(6-8-14)16(23)18-9-3-11-21-10-2-4-15(21)22/h5-8H,2-4,9-11H2,1H3,(H,18,23). The number of rotatable bonds is 6. The Kier molecular flexibility index (Phi) is 4.88. The van der Waals surface area contributed by atoms with Gasteiger partial charge in [0.15, 0.2) is 5.82 Å². The van der Waals surface area contributed by atoms with Crippen molar-refractivity contribution in [2.45, 2.75) is 26.2 Å². The summed E-state index contributed by atoms with van der Waals surface area (Å²) < 4.78 is 5.09. The molecular weight excluding hydrogens is 308 g/mol. The molecule has 0 bridgehead atoms. The van der Waals surface area contributed by atoms with E-state index in [2.05, 4.69) is 15.5 Å². The van der Waals surface area contributed by atoms with Crippen LogP contribution in [0, 0.1) is 6.92 Å². The van der Waals surface area contributed by atoms with E-state index in [4.69, 9.17) is 4.52 Å². The first kappa shape index (κ1) is 16.2. The second-order valence-corrected chi connectivity index (χ2v) is 5.82. The fourth-order valence-electron chi connectivity index (χ4n) is 2.69. The summed E-state index contributed by atoms with van der Waals surface area (Å²) in [6.07, 6.45) is 2.35. The van der Waals surface area contributed by atoms with Gasteiger partial charge in [-0.05, 0) is 44.0 Å². The van der Waals surface area contributed by atoms with Gasteiger partial charge in [0.1, 0.15) is 0 Å². The van der Waals surface area contributed by atoms with Crippen molar-refractivity contribution >= 4 is 11.8 Å². The number of aromatic nitrogens is 2. The Balaban J connectivity index is 1.47. The summed E-state index contributed by atoms with van der Waals surface area (Å²) in [6.45, 7) is 3.84. The van der Waals surface area contributed by atoms with Crippen molar-refractivity contribution < 1.29 is 14.1 Å². The Bertz CT molecular complexity index is 724. The van der Waals surface area contributed by atoms with Crippen LogP contribution in [0.4, 0.5) is 0 Å². The lowest BCUT2D eigenvalue weighted by atomic mass is 10.1. The molecule has 1 fully saturated rings. The molecule has 7 heteroatoms. The Morgan fingerprint density at radius 2 is 2.12 bits per heavy atom. The topological polar surface area (TPSA) is 88.3 Å². The first-order chi connectivity index (χ1) is 11.6. The third-order valence-electron chi connectivity index (χ3n) is 3.98. The third kappa shape index (κ3) is 3.79. The monoisotopic (exact) mass is 328 g/mol. The Labute approximate surface area is 140 Å². The molecule has 0 spiro atoms. The van der Waals surface area contributed by atoms with Crippen LogP contribution in [-0.2, 0) is 4.79 Å². The minimum Gasteiger partial charge on any atom is -0.352 e. The molecule has 0 radical (unpaired) electrons. The summed E-state index contributed by atoms with van der Waals surface area (Å²) in [6, 6.07) is 7.03. The highest BCUT2D eigenvalue weighted by Gasteiger charge is 2.19. The smallest absolute Gasteiger partial charge is 0.257 e. The van der Waals surface area contributed by atoms with Gasteiger partial charge in [0.05, 0.1) is 0 Å². The number of nitrogens with zero attached hydrogens (tertiary/aromatic N) is 3. The fourth-order valence-corrected chi connectivity index (χ4v) is 2.69. The van der Waals surface area contributed by atoms with Gasteiger partial charge in [-0.2, -0.15) is 4.98 Å². The quantitative estimate of drug-likeness (QED) is 0.817. The predicted molar refractivity (Wildman–Crippen MR) is 87.2 cm³/mol. The molecule has 7 nitrogen and oxygen atoms in total. The van der Waals surface area contributed by atoms with E-state index in [-0.39, 0.29) is 11.8 Å². The van der Waals surface area contributed by atoms with Gasteiger partial charge in [0.25, 0.3) is 11.8 Å². The van der Waals surface area contributed by atoms with Gasteiger partial charge in [0, 0.05) is 37.2 Å². The lowest BCUT2D eigenvalue weighted by molar-refractivity contribution is -0.127. The van der Waals surface area contributed by atoms with Crippen LogP contribution in [0.15, 0.2) is 28.8 Å².